The van der Waals surface area contributed by atoms with Crippen molar-refractivity contribution in [3.05, 3.63) is 56.7 Å². The van der Waals surface area contributed by atoms with Crippen LogP contribution in [0.3, 0.4) is 0 Å². The van der Waals surface area contributed by atoms with Gasteiger partial charge in [-0.3, -0.25) is 4.79 Å². The summed E-state index contributed by atoms with van der Waals surface area (Å²) in [4.78, 5) is 19.3. The van der Waals surface area contributed by atoms with Crippen LogP contribution in [0.5, 0.6) is 0 Å². The van der Waals surface area contributed by atoms with Crippen LogP contribution in [0.4, 0.5) is 5.69 Å². The number of aryl methyl sites for hydroxylation is 1. The second kappa shape index (κ2) is 8.64. The summed E-state index contributed by atoms with van der Waals surface area (Å²) in [7, 11) is 0. The van der Waals surface area contributed by atoms with E-state index in [0.717, 1.165) is 40.8 Å². The van der Waals surface area contributed by atoms with Gasteiger partial charge in [0.25, 0.3) is 0 Å². The van der Waals surface area contributed by atoms with Gasteiger partial charge in [0, 0.05) is 46.7 Å². The number of halogens is 1. The highest BCUT2D eigenvalue weighted by atomic mass is 35.5. The molecule has 3 heterocycles. The van der Waals surface area contributed by atoms with E-state index in [-0.39, 0.29) is 5.91 Å². The quantitative estimate of drug-likeness (QED) is 0.596. The molecule has 1 aromatic carbocycles. The zero-order valence-corrected chi connectivity index (χ0v) is 18.0. The molecule has 1 N–H and O–H groups in total. The Kier molecular flexibility index (Phi) is 5.99. The molecule has 3 aromatic rings. The van der Waals surface area contributed by atoms with E-state index in [1.165, 1.54) is 11.3 Å². The third kappa shape index (κ3) is 4.57. The van der Waals surface area contributed by atoms with Crippen molar-refractivity contribution in [1.29, 1.82) is 0 Å². The summed E-state index contributed by atoms with van der Waals surface area (Å²) >= 11 is 9.40. The number of thiophene rings is 1. The lowest BCUT2D eigenvalue weighted by Gasteiger charge is -2.21. The number of carbonyl (C=O) groups is 1. The Morgan fingerprint density at radius 3 is 3.07 bits per heavy atom. The first-order valence-corrected chi connectivity index (χ1v) is 11.5. The average Bonchev–Trinajstić information content (AvgIpc) is 3.43. The number of amides is 1. The number of hydrogen-bond donors (Lipinski definition) is 1. The molecule has 2 aromatic heterocycles. The molecule has 4 nitrogen and oxygen atoms in total. The number of rotatable bonds is 6. The molecule has 1 unspecified atom stereocenters. The predicted octanol–water partition coefficient (Wildman–Crippen LogP) is 5.02. The van der Waals surface area contributed by atoms with Crippen molar-refractivity contribution < 1.29 is 4.79 Å². The van der Waals surface area contributed by atoms with Gasteiger partial charge in [-0.15, -0.1) is 11.3 Å². The third-order valence-electron chi connectivity index (χ3n) is 5.05. The maximum atomic E-state index is 12.3. The van der Waals surface area contributed by atoms with Crippen molar-refractivity contribution in [2.75, 3.05) is 24.5 Å². The van der Waals surface area contributed by atoms with Crippen molar-refractivity contribution in [3.8, 4) is 10.6 Å². The maximum absolute atomic E-state index is 12.3. The van der Waals surface area contributed by atoms with Gasteiger partial charge in [-0.05, 0) is 48.4 Å². The first-order chi connectivity index (χ1) is 13.6. The molecule has 4 rings (SSSR count). The molecule has 0 radical (unpaired) electrons. The lowest BCUT2D eigenvalue weighted by molar-refractivity contribution is -0.120. The highest BCUT2D eigenvalue weighted by molar-refractivity contribution is 7.14. The van der Waals surface area contributed by atoms with Gasteiger partial charge < -0.3 is 10.2 Å². The molecule has 1 saturated heterocycles. The van der Waals surface area contributed by atoms with Crippen molar-refractivity contribution in [2.45, 2.75) is 19.8 Å². The van der Waals surface area contributed by atoms with E-state index in [1.807, 2.05) is 22.9 Å². The lowest BCUT2D eigenvalue weighted by atomic mass is 10.1. The molecule has 28 heavy (non-hydrogen) atoms. The molecule has 0 spiro atoms. The number of nitrogens with zero attached hydrogens (tertiary/aromatic N) is 2. The standard InChI is InChI=1S/C21H22ClN3OS2/c1-14-2-3-17(22)8-19(14)25-6-4-15(11-25)10-23-20(26)9-18-13-28-21(24-18)16-5-7-27-12-16/h2-3,5,7-8,12-13,15H,4,6,9-11H2,1H3,(H,23,26). The van der Waals surface area contributed by atoms with Crippen LogP contribution in [0.25, 0.3) is 10.6 Å². The Balaban J connectivity index is 1.27. The molecule has 1 atom stereocenters. The number of nitrogens with one attached hydrogen (secondary N) is 1. The fourth-order valence-electron chi connectivity index (χ4n) is 3.53. The summed E-state index contributed by atoms with van der Waals surface area (Å²) < 4.78 is 0. The summed E-state index contributed by atoms with van der Waals surface area (Å²) in [6.07, 6.45) is 1.41. The van der Waals surface area contributed by atoms with Gasteiger partial charge in [-0.2, -0.15) is 11.3 Å². The van der Waals surface area contributed by atoms with Gasteiger partial charge in [0.15, 0.2) is 0 Å². The van der Waals surface area contributed by atoms with Crippen LogP contribution in [-0.4, -0.2) is 30.5 Å². The molecular formula is C21H22ClN3OS2. The van der Waals surface area contributed by atoms with Gasteiger partial charge in [0.05, 0.1) is 12.1 Å². The van der Waals surface area contributed by atoms with Gasteiger partial charge in [-0.1, -0.05) is 17.7 Å². The summed E-state index contributed by atoms with van der Waals surface area (Å²) in [6, 6.07) is 8.08. The number of hydrogen-bond acceptors (Lipinski definition) is 5. The monoisotopic (exact) mass is 431 g/mol. The zero-order valence-electron chi connectivity index (χ0n) is 15.7. The number of benzene rings is 1. The average molecular weight is 432 g/mol. The second-order valence-corrected chi connectivity index (χ2v) is 9.24. The summed E-state index contributed by atoms with van der Waals surface area (Å²) in [5, 5.41) is 10.9. The lowest BCUT2D eigenvalue weighted by Crippen LogP contribution is -2.32. The fraction of sp³-hybridized carbons (Fsp3) is 0.333. The second-order valence-electron chi connectivity index (χ2n) is 7.17. The molecule has 0 saturated carbocycles. The van der Waals surface area contributed by atoms with E-state index >= 15 is 0 Å². The number of carbonyl (C=O) groups excluding carboxylic acids is 1. The molecule has 1 aliphatic heterocycles. The Morgan fingerprint density at radius 1 is 1.36 bits per heavy atom. The summed E-state index contributed by atoms with van der Waals surface area (Å²) in [5.74, 6) is 0.499. The molecule has 1 fully saturated rings. The first-order valence-electron chi connectivity index (χ1n) is 9.33. The van der Waals surface area contributed by atoms with Crippen LogP contribution in [0.15, 0.2) is 40.4 Å². The van der Waals surface area contributed by atoms with E-state index in [2.05, 4.69) is 39.6 Å². The predicted molar refractivity (Wildman–Crippen MR) is 119 cm³/mol. The van der Waals surface area contributed by atoms with E-state index in [4.69, 9.17) is 11.6 Å². The van der Waals surface area contributed by atoms with Crippen LogP contribution in [-0.2, 0) is 11.2 Å². The van der Waals surface area contributed by atoms with E-state index in [0.29, 0.717) is 18.9 Å². The molecule has 0 aliphatic carbocycles. The van der Waals surface area contributed by atoms with Crippen LogP contribution >= 0.6 is 34.3 Å². The molecule has 1 amide bonds. The van der Waals surface area contributed by atoms with Crippen LogP contribution < -0.4 is 10.2 Å². The van der Waals surface area contributed by atoms with Gasteiger partial charge in [0.1, 0.15) is 5.01 Å². The topological polar surface area (TPSA) is 45.2 Å². The summed E-state index contributed by atoms with van der Waals surface area (Å²) in [5.41, 5.74) is 4.40. The van der Waals surface area contributed by atoms with Crippen molar-refractivity contribution in [1.82, 2.24) is 10.3 Å². The molecule has 0 bridgehead atoms. The van der Waals surface area contributed by atoms with Crippen LogP contribution in [0.1, 0.15) is 17.7 Å². The molecular weight excluding hydrogens is 410 g/mol. The first kappa shape index (κ1) is 19.4. The van der Waals surface area contributed by atoms with E-state index < -0.39 is 0 Å². The van der Waals surface area contributed by atoms with Crippen LogP contribution in [0.2, 0.25) is 5.02 Å². The number of anilines is 1. The minimum absolute atomic E-state index is 0.0413. The summed E-state index contributed by atoms with van der Waals surface area (Å²) in [6.45, 7) is 4.76. The van der Waals surface area contributed by atoms with Gasteiger partial charge >= 0.3 is 0 Å². The van der Waals surface area contributed by atoms with Crippen molar-refractivity contribution in [2.24, 2.45) is 5.92 Å². The third-order valence-corrected chi connectivity index (χ3v) is 6.91. The smallest absolute Gasteiger partial charge is 0.226 e. The van der Waals surface area contributed by atoms with Gasteiger partial charge in [0.2, 0.25) is 5.91 Å². The Bertz CT molecular complexity index is 954. The fourth-order valence-corrected chi connectivity index (χ4v) is 5.23. The Hall–Kier alpha value is -1.89. The van der Waals surface area contributed by atoms with Gasteiger partial charge in [-0.25, -0.2) is 4.98 Å². The minimum Gasteiger partial charge on any atom is -0.371 e. The minimum atomic E-state index is 0.0413. The van der Waals surface area contributed by atoms with Crippen molar-refractivity contribution in [3.63, 3.8) is 0 Å². The normalized spacial score (nSPS) is 16.5. The Labute approximate surface area is 178 Å². The Morgan fingerprint density at radius 2 is 2.25 bits per heavy atom. The number of aromatic nitrogens is 1. The van der Waals surface area contributed by atoms with E-state index in [9.17, 15) is 4.79 Å². The highest BCUT2D eigenvalue weighted by Crippen LogP contribution is 2.29. The molecule has 1 aliphatic rings. The van der Waals surface area contributed by atoms with E-state index in [1.54, 1.807) is 22.7 Å². The molecule has 7 heteroatoms. The van der Waals surface area contributed by atoms with Crippen LogP contribution in [0, 0.1) is 12.8 Å². The zero-order chi connectivity index (χ0) is 19.5. The maximum Gasteiger partial charge on any atom is 0.226 e. The highest BCUT2D eigenvalue weighted by Gasteiger charge is 2.24. The SMILES string of the molecule is Cc1ccc(Cl)cc1N1CCC(CNC(=O)Cc2csc(-c3ccsc3)n2)C1. The largest absolute Gasteiger partial charge is 0.371 e. The molecule has 146 valence electrons. The van der Waals surface area contributed by atoms with Crippen molar-refractivity contribution >= 4 is 45.9 Å². The number of thiazole rings is 1.